The Balaban J connectivity index is 1.75. The molecule has 1 nitrogen and oxygen atoms in total. The van der Waals surface area contributed by atoms with Crippen LogP contribution in [0.1, 0.15) is 5.56 Å². The van der Waals surface area contributed by atoms with E-state index in [-0.39, 0.29) is 6.10 Å². The Labute approximate surface area is 120 Å². The summed E-state index contributed by atoms with van der Waals surface area (Å²) < 4.78 is 1.32. The van der Waals surface area contributed by atoms with E-state index < -0.39 is 0 Å². The highest BCUT2D eigenvalue weighted by atomic mass is 32.2. The molecule has 1 aromatic carbocycles. The number of rotatable bonds is 3. The van der Waals surface area contributed by atoms with Crippen LogP contribution in [0.4, 0.5) is 0 Å². The van der Waals surface area contributed by atoms with Gasteiger partial charge in [-0.2, -0.15) is 23.5 Å². The molecule has 2 heterocycles. The molecule has 1 aromatic heterocycles. The topological polar surface area (TPSA) is 20.2 Å². The first-order valence-corrected chi connectivity index (χ1v) is 9.25. The second-order valence-electron chi connectivity index (χ2n) is 4.51. The van der Waals surface area contributed by atoms with Crippen molar-refractivity contribution in [3.05, 3.63) is 35.2 Å². The first kappa shape index (κ1) is 12.9. The third-order valence-corrected chi connectivity index (χ3v) is 7.18. The molecule has 1 fully saturated rings. The van der Waals surface area contributed by atoms with Crippen molar-refractivity contribution in [2.45, 2.75) is 17.8 Å². The Kier molecular flexibility index (Phi) is 4.19. The monoisotopic (exact) mass is 296 g/mol. The minimum atomic E-state index is -0.208. The third-order valence-electron chi connectivity index (χ3n) is 3.26. The van der Waals surface area contributed by atoms with Gasteiger partial charge in [0.05, 0.1) is 6.10 Å². The van der Waals surface area contributed by atoms with E-state index >= 15 is 0 Å². The zero-order valence-corrected chi connectivity index (χ0v) is 12.5. The lowest BCUT2D eigenvalue weighted by Gasteiger charge is -2.25. The van der Waals surface area contributed by atoms with Gasteiger partial charge in [-0.05, 0) is 22.4 Å². The summed E-state index contributed by atoms with van der Waals surface area (Å²) in [5.41, 5.74) is 1.30. The molecule has 1 aliphatic rings. The van der Waals surface area contributed by atoms with Gasteiger partial charge in [0.1, 0.15) is 0 Å². The minimum absolute atomic E-state index is 0.208. The molecular formula is C14H16OS3. The number of thioether (sulfide) groups is 2. The summed E-state index contributed by atoms with van der Waals surface area (Å²) in [6, 6.07) is 8.47. The predicted octanol–water partition coefficient (Wildman–Crippen LogP) is 3.65. The summed E-state index contributed by atoms with van der Waals surface area (Å²) in [6.45, 7) is 0. The second-order valence-corrected chi connectivity index (χ2v) is 7.92. The molecule has 18 heavy (non-hydrogen) atoms. The number of aliphatic hydroxyl groups excluding tert-OH is 1. The van der Waals surface area contributed by atoms with Crippen molar-refractivity contribution in [1.82, 2.24) is 0 Å². The molecule has 0 bridgehead atoms. The fraction of sp³-hybridized carbons (Fsp3) is 0.429. The average molecular weight is 296 g/mol. The SMILES string of the molecule is OC(Cc1csc2ccccc12)C1CSCCS1. The van der Waals surface area contributed by atoms with Crippen LogP contribution in [0, 0.1) is 0 Å². The lowest BCUT2D eigenvalue weighted by atomic mass is 10.1. The molecule has 0 radical (unpaired) electrons. The van der Waals surface area contributed by atoms with Crippen LogP contribution in [0.5, 0.6) is 0 Å². The first-order chi connectivity index (χ1) is 8.84. The number of hydrogen-bond acceptors (Lipinski definition) is 4. The van der Waals surface area contributed by atoms with E-state index in [9.17, 15) is 5.11 Å². The Bertz CT molecular complexity index is 516. The Morgan fingerprint density at radius 1 is 1.28 bits per heavy atom. The van der Waals surface area contributed by atoms with Crippen LogP contribution in [-0.2, 0) is 6.42 Å². The molecule has 3 rings (SSSR count). The quantitative estimate of drug-likeness (QED) is 0.933. The van der Waals surface area contributed by atoms with Gasteiger partial charge in [0.15, 0.2) is 0 Å². The van der Waals surface area contributed by atoms with E-state index in [1.54, 1.807) is 11.3 Å². The van der Waals surface area contributed by atoms with Gasteiger partial charge in [0.2, 0.25) is 0 Å². The molecule has 96 valence electrons. The van der Waals surface area contributed by atoms with E-state index in [4.69, 9.17) is 0 Å². The normalized spacial score (nSPS) is 22.2. The number of benzene rings is 1. The van der Waals surface area contributed by atoms with E-state index in [2.05, 4.69) is 29.6 Å². The zero-order valence-electron chi connectivity index (χ0n) is 10.0. The highest BCUT2D eigenvalue weighted by molar-refractivity contribution is 8.06. The van der Waals surface area contributed by atoms with Crippen molar-refractivity contribution < 1.29 is 5.11 Å². The molecule has 4 heteroatoms. The van der Waals surface area contributed by atoms with Crippen molar-refractivity contribution in [3.8, 4) is 0 Å². The Hall–Kier alpha value is -0.160. The first-order valence-electron chi connectivity index (χ1n) is 6.17. The molecule has 0 amide bonds. The third kappa shape index (κ3) is 2.72. The van der Waals surface area contributed by atoms with Crippen molar-refractivity contribution in [2.24, 2.45) is 0 Å². The van der Waals surface area contributed by atoms with Gasteiger partial charge < -0.3 is 5.11 Å². The number of hydrogen-bond donors (Lipinski definition) is 1. The summed E-state index contributed by atoms with van der Waals surface area (Å²) >= 11 is 5.68. The maximum atomic E-state index is 10.4. The van der Waals surface area contributed by atoms with Crippen LogP contribution >= 0.6 is 34.9 Å². The van der Waals surface area contributed by atoms with Crippen LogP contribution in [-0.4, -0.2) is 33.7 Å². The van der Waals surface area contributed by atoms with E-state index in [1.165, 1.54) is 27.2 Å². The smallest absolute Gasteiger partial charge is 0.0707 e. The molecule has 1 saturated heterocycles. The number of fused-ring (bicyclic) bond motifs is 1. The summed E-state index contributed by atoms with van der Waals surface area (Å²) in [5, 5.41) is 14.3. The average Bonchev–Trinajstić information content (AvgIpc) is 2.83. The van der Waals surface area contributed by atoms with Crippen LogP contribution in [0.2, 0.25) is 0 Å². The molecule has 1 N–H and O–H groups in total. The molecule has 2 unspecified atom stereocenters. The van der Waals surface area contributed by atoms with Crippen molar-refractivity contribution in [1.29, 1.82) is 0 Å². The fourth-order valence-electron chi connectivity index (χ4n) is 2.28. The van der Waals surface area contributed by atoms with Gasteiger partial charge in [-0.15, -0.1) is 11.3 Å². The largest absolute Gasteiger partial charge is 0.392 e. The fourth-order valence-corrected chi connectivity index (χ4v) is 6.02. The molecule has 2 atom stereocenters. The summed E-state index contributed by atoms with van der Waals surface area (Å²) in [5.74, 6) is 3.50. The molecule has 2 aromatic rings. The minimum Gasteiger partial charge on any atom is -0.392 e. The van der Waals surface area contributed by atoms with Crippen LogP contribution < -0.4 is 0 Å². The van der Waals surface area contributed by atoms with Crippen LogP contribution in [0.15, 0.2) is 29.6 Å². The maximum absolute atomic E-state index is 10.4. The van der Waals surface area contributed by atoms with Crippen molar-refractivity contribution in [3.63, 3.8) is 0 Å². The molecule has 1 aliphatic heterocycles. The summed E-state index contributed by atoms with van der Waals surface area (Å²) in [6.07, 6.45) is 0.586. The summed E-state index contributed by atoms with van der Waals surface area (Å²) in [7, 11) is 0. The second kappa shape index (κ2) is 5.87. The molecular weight excluding hydrogens is 280 g/mol. The van der Waals surface area contributed by atoms with E-state index in [0.717, 1.165) is 12.2 Å². The summed E-state index contributed by atoms with van der Waals surface area (Å²) in [4.78, 5) is 0. The predicted molar refractivity (Wildman–Crippen MR) is 85.1 cm³/mol. The zero-order chi connectivity index (χ0) is 12.4. The standard InChI is InChI=1S/C14H16OS3/c15-12(14-9-16-5-6-17-14)7-10-8-18-13-4-2-1-3-11(10)13/h1-4,8,12,14-15H,5-7,9H2. The van der Waals surface area contributed by atoms with E-state index in [1.807, 2.05) is 23.5 Å². The van der Waals surface area contributed by atoms with Gasteiger partial charge in [0.25, 0.3) is 0 Å². The van der Waals surface area contributed by atoms with Crippen LogP contribution in [0.3, 0.4) is 0 Å². The van der Waals surface area contributed by atoms with Gasteiger partial charge in [-0.1, -0.05) is 18.2 Å². The number of aliphatic hydroxyl groups is 1. The molecule has 0 aliphatic carbocycles. The van der Waals surface area contributed by atoms with E-state index in [0.29, 0.717) is 5.25 Å². The molecule has 0 saturated carbocycles. The lowest BCUT2D eigenvalue weighted by Crippen LogP contribution is -2.30. The lowest BCUT2D eigenvalue weighted by molar-refractivity contribution is 0.178. The highest BCUT2D eigenvalue weighted by Gasteiger charge is 2.23. The van der Waals surface area contributed by atoms with Gasteiger partial charge >= 0.3 is 0 Å². The van der Waals surface area contributed by atoms with Crippen molar-refractivity contribution in [2.75, 3.05) is 17.3 Å². The van der Waals surface area contributed by atoms with Gasteiger partial charge in [-0.3, -0.25) is 0 Å². The Morgan fingerprint density at radius 3 is 3.00 bits per heavy atom. The van der Waals surface area contributed by atoms with Crippen molar-refractivity contribution >= 4 is 44.9 Å². The number of thiophene rings is 1. The highest BCUT2D eigenvalue weighted by Crippen LogP contribution is 2.31. The van der Waals surface area contributed by atoms with Crippen LogP contribution in [0.25, 0.3) is 10.1 Å². The van der Waals surface area contributed by atoms with Gasteiger partial charge in [0, 0.05) is 33.6 Å². The maximum Gasteiger partial charge on any atom is 0.0707 e. The molecule has 0 spiro atoms. The Morgan fingerprint density at radius 2 is 2.17 bits per heavy atom. The van der Waals surface area contributed by atoms with Gasteiger partial charge in [-0.25, -0.2) is 0 Å².